The molecule has 0 unspecified atom stereocenters. The molecule has 2 aromatic carbocycles. The number of aliphatic carboxylic acids is 1. The molecule has 0 bridgehead atoms. The normalized spacial score (nSPS) is 12.2. The van der Waals surface area contributed by atoms with E-state index >= 15 is 0 Å². The highest BCUT2D eigenvalue weighted by Crippen LogP contribution is 2.41. The Bertz CT molecular complexity index is 1370. The third-order valence-electron chi connectivity index (χ3n) is 6.26. The first-order valence-electron chi connectivity index (χ1n) is 11.0. The number of thiophene rings is 1. The van der Waals surface area contributed by atoms with Crippen LogP contribution >= 0.6 is 22.9 Å². The van der Waals surface area contributed by atoms with E-state index in [1.54, 1.807) is 36.4 Å². The lowest BCUT2D eigenvalue weighted by atomic mass is 9.75. The maximum atomic E-state index is 13.5. The van der Waals surface area contributed by atoms with Gasteiger partial charge in [0.2, 0.25) is 0 Å². The molecule has 0 amide bonds. The fourth-order valence-corrected chi connectivity index (χ4v) is 5.41. The number of rotatable bonds is 7. The number of carboxylic acid groups (broad SMARTS) is 1. The van der Waals surface area contributed by atoms with Crippen molar-refractivity contribution in [3.63, 3.8) is 0 Å². The third kappa shape index (κ3) is 4.60. The van der Waals surface area contributed by atoms with Crippen LogP contribution in [-0.2, 0) is 16.4 Å². The van der Waals surface area contributed by atoms with Gasteiger partial charge in [0.05, 0.1) is 26.7 Å². The highest BCUT2D eigenvalue weighted by atomic mass is 35.5. The first-order chi connectivity index (χ1) is 16.6. The van der Waals surface area contributed by atoms with Crippen LogP contribution in [0.25, 0.3) is 26.7 Å². The van der Waals surface area contributed by atoms with Crippen LogP contribution in [0.15, 0.2) is 66.7 Å². The van der Waals surface area contributed by atoms with E-state index in [-0.39, 0.29) is 10.7 Å². The average Bonchev–Trinajstić information content (AvgIpc) is 3.48. The molecular weight excluding hydrogens is 497 g/mol. The number of para-hydroxylation sites is 1. The smallest absolute Gasteiger partial charge is 0.435 e. The van der Waals surface area contributed by atoms with Crippen LogP contribution < -0.4 is 0 Å². The summed E-state index contributed by atoms with van der Waals surface area (Å²) >= 11 is 7.57. The van der Waals surface area contributed by atoms with Crippen molar-refractivity contribution < 1.29 is 23.1 Å². The molecule has 0 saturated heterocycles. The van der Waals surface area contributed by atoms with Crippen molar-refractivity contribution in [3.05, 3.63) is 83.0 Å². The minimum Gasteiger partial charge on any atom is -0.481 e. The summed E-state index contributed by atoms with van der Waals surface area (Å²) in [5.41, 5.74) is 0.0875. The first-order valence-corrected chi connectivity index (χ1v) is 12.2. The predicted octanol–water partition coefficient (Wildman–Crippen LogP) is 8.08. The van der Waals surface area contributed by atoms with Crippen molar-refractivity contribution in [3.8, 4) is 26.7 Å². The zero-order valence-corrected chi connectivity index (χ0v) is 20.5. The quantitative estimate of drug-likeness (QED) is 0.269. The lowest BCUT2D eigenvalue weighted by Gasteiger charge is -2.27. The molecule has 4 nitrogen and oxygen atoms in total. The second-order valence-electron chi connectivity index (χ2n) is 8.11. The monoisotopic (exact) mass is 518 g/mol. The molecule has 0 fully saturated rings. The highest BCUT2D eigenvalue weighted by Gasteiger charge is 2.37. The van der Waals surface area contributed by atoms with Gasteiger partial charge in [-0.25, -0.2) is 4.68 Å². The van der Waals surface area contributed by atoms with Gasteiger partial charge in [0, 0.05) is 4.88 Å². The summed E-state index contributed by atoms with van der Waals surface area (Å²) in [6, 6.07) is 18.5. The van der Waals surface area contributed by atoms with E-state index < -0.39 is 23.3 Å². The van der Waals surface area contributed by atoms with Crippen LogP contribution in [0.2, 0.25) is 5.02 Å². The summed E-state index contributed by atoms with van der Waals surface area (Å²) in [5.74, 6) is -0.880. The molecule has 1 N–H and O–H groups in total. The molecule has 0 aliphatic rings. The second-order valence-corrected chi connectivity index (χ2v) is 9.61. The Kier molecular flexibility index (Phi) is 6.79. The number of nitrogens with zero attached hydrogens (tertiary/aromatic N) is 2. The summed E-state index contributed by atoms with van der Waals surface area (Å²) in [4.78, 5) is 13.5. The first kappa shape index (κ1) is 25.0. The van der Waals surface area contributed by atoms with E-state index in [2.05, 4.69) is 5.10 Å². The molecular formula is C26H22ClF3N2O2S. The molecule has 182 valence electrons. The fourth-order valence-electron chi connectivity index (χ4n) is 4.19. The summed E-state index contributed by atoms with van der Waals surface area (Å²) in [6.07, 6.45) is -3.74. The van der Waals surface area contributed by atoms with Crippen molar-refractivity contribution in [2.45, 2.75) is 38.3 Å². The van der Waals surface area contributed by atoms with E-state index in [1.165, 1.54) is 16.0 Å². The predicted molar refractivity (Wildman–Crippen MR) is 132 cm³/mol. The van der Waals surface area contributed by atoms with Crippen LogP contribution in [-0.4, -0.2) is 20.9 Å². The number of halogens is 4. The molecule has 2 aromatic heterocycles. The second kappa shape index (κ2) is 9.51. The molecule has 4 rings (SSSR count). The number of aromatic nitrogens is 2. The molecule has 0 atom stereocenters. The molecule has 9 heteroatoms. The molecule has 35 heavy (non-hydrogen) atoms. The Morgan fingerprint density at radius 3 is 2.31 bits per heavy atom. The van der Waals surface area contributed by atoms with Gasteiger partial charge in [-0.05, 0) is 60.4 Å². The van der Waals surface area contributed by atoms with Gasteiger partial charge in [-0.3, -0.25) is 4.79 Å². The molecule has 0 saturated carbocycles. The number of hydrogen-bond donors (Lipinski definition) is 1. The standard InChI is InChI=1S/C26H22ClF3N2O2S/c1-3-25(4-2,24(33)34)17-9-7-8-16(14-17)21-12-13-22(35-21)20-15-23(26(28,29)30)31-32(20)19-11-6-5-10-18(19)27/h5-15H,3-4H2,1-2H3,(H,33,34). The van der Waals surface area contributed by atoms with Crippen LogP contribution in [0.4, 0.5) is 13.2 Å². The Morgan fingerprint density at radius 2 is 1.69 bits per heavy atom. The van der Waals surface area contributed by atoms with E-state index in [9.17, 15) is 23.1 Å². The van der Waals surface area contributed by atoms with Gasteiger partial charge in [0.15, 0.2) is 5.69 Å². The van der Waals surface area contributed by atoms with E-state index in [1.807, 2.05) is 38.1 Å². The van der Waals surface area contributed by atoms with Crippen molar-refractivity contribution in [2.75, 3.05) is 0 Å². The van der Waals surface area contributed by atoms with Gasteiger partial charge in [0.1, 0.15) is 0 Å². The van der Waals surface area contributed by atoms with E-state index in [0.29, 0.717) is 29.0 Å². The zero-order chi connectivity index (χ0) is 25.4. The van der Waals surface area contributed by atoms with Gasteiger partial charge in [-0.1, -0.05) is 55.8 Å². The lowest BCUT2D eigenvalue weighted by molar-refractivity contribution is -0.144. The van der Waals surface area contributed by atoms with Crippen LogP contribution in [0.5, 0.6) is 0 Å². The lowest BCUT2D eigenvalue weighted by Crippen LogP contribution is -2.34. The topological polar surface area (TPSA) is 55.1 Å². The molecule has 2 heterocycles. The summed E-state index contributed by atoms with van der Waals surface area (Å²) in [7, 11) is 0. The zero-order valence-electron chi connectivity index (χ0n) is 18.9. The number of carbonyl (C=O) groups is 1. The SMILES string of the molecule is CCC(CC)(C(=O)O)c1cccc(-c2ccc(-c3cc(C(F)(F)F)nn3-c3ccccc3Cl)s2)c1. The van der Waals surface area contributed by atoms with Gasteiger partial charge >= 0.3 is 12.1 Å². The van der Waals surface area contributed by atoms with Gasteiger partial charge in [-0.15, -0.1) is 11.3 Å². The molecule has 4 aromatic rings. The van der Waals surface area contributed by atoms with Gasteiger partial charge < -0.3 is 5.11 Å². The molecule has 0 radical (unpaired) electrons. The maximum absolute atomic E-state index is 13.5. The number of carboxylic acids is 1. The van der Waals surface area contributed by atoms with Crippen molar-refractivity contribution >= 4 is 28.9 Å². The minimum atomic E-state index is -4.61. The van der Waals surface area contributed by atoms with Gasteiger partial charge in [-0.2, -0.15) is 18.3 Å². The summed E-state index contributed by atoms with van der Waals surface area (Å²) in [6.45, 7) is 3.70. The van der Waals surface area contributed by atoms with E-state index in [0.717, 1.165) is 16.5 Å². The van der Waals surface area contributed by atoms with Gasteiger partial charge in [0.25, 0.3) is 0 Å². The van der Waals surface area contributed by atoms with E-state index in [4.69, 9.17) is 11.6 Å². The van der Waals surface area contributed by atoms with Crippen LogP contribution in [0, 0.1) is 0 Å². The summed E-state index contributed by atoms with van der Waals surface area (Å²) < 4.78 is 41.8. The Morgan fingerprint density at radius 1 is 1.00 bits per heavy atom. The number of alkyl halides is 3. The Hall–Kier alpha value is -3.10. The van der Waals surface area contributed by atoms with Crippen molar-refractivity contribution in [1.29, 1.82) is 0 Å². The maximum Gasteiger partial charge on any atom is 0.435 e. The molecule has 0 aliphatic carbocycles. The Labute approximate surface area is 209 Å². The van der Waals surface area contributed by atoms with Crippen molar-refractivity contribution in [2.24, 2.45) is 0 Å². The molecule has 0 spiro atoms. The Balaban J connectivity index is 1.81. The van der Waals surface area contributed by atoms with Crippen LogP contribution in [0.1, 0.15) is 37.9 Å². The van der Waals surface area contributed by atoms with Crippen molar-refractivity contribution in [1.82, 2.24) is 9.78 Å². The largest absolute Gasteiger partial charge is 0.481 e. The summed E-state index contributed by atoms with van der Waals surface area (Å²) in [5, 5.41) is 14.0. The minimum absolute atomic E-state index is 0.264. The highest BCUT2D eigenvalue weighted by molar-refractivity contribution is 7.18. The number of benzene rings is 2. The fraction of sp³-hybridized carbons (Fsp3) is 0.231. The third-order valence-corrected chi connectivity index (χ3v) is 7.73. The molecule has 0 aliphatic heterocycles. The average molecular weight is 519 g/mol. The van der Waals surface area contributed by atoms with Crippen LogP contribution in [0.3, 0.4) is 0 Å². The number of hydrogen-bond acceptors (Lipinski definition) is 3.